The summed E-state index contributed by atoms with van der Waals surface area (Å²) in [6.07, 6.45) is 0. The predicted molar refractivity (Wildman–Crippen MR) is 105 cm³/mol. The molecule has 0 N–H and O–H groups in total. The van der Waals surface area contributed by atoms with E-state index in [9.17, 15) is 8.42 Å². The van der Waals surface area contributed by atoms with Gasteiger partial charge in [-0.25, -0.2) is 8.42 Å². The fourth-order valence-corrected chi connectivity index (χ4v) is 4.30. The molecule has 0 aliphatic heterocycles. The number of para-hydroxylation sites is 1. The molecular weight excluding hydrogens is 332 g/mol. The zero-order valence-electron chi connectivity index (χ0n) is 14.9. The Hall–Kier alpha value is -2.53. The molecule has 0 heterocycles. The highest BCUT2D eigenvalue weighted by Crippen LogP contribution is 2.30. The van der Waals surface area contributed by atoms with Crippen LogP contribution in [0.2, 0.25) is 0 Å². The summed E-state index contributed by atoms with van der Waals surface area (Å²) >= 11 is 0. The second-order valence-electron chi connectivity index (χ2n) is 6.31. The molecule has 0 amide bonds. The Kier molecular flexibility index (Phi) is 4.43. The minimum absolute atomic E-state index is 0.293. The fourth-order valence-electron chi connectivity index (χ4n) is 3.00. The first-order chi connectivity index (χ1) is 11.8. The van der Waals surface area contributed by atoms with E-state index >= 15 is 0 Å². The normalized spacial score (nSPS) is 11.5. The number of rotatable bonds is 4. The number of anilines is 2. The molecule has 25 heavy (non-hydrogen) atoms. The topological polar surface area (TPSA) is 40.6 Å². The highest BCUT2D eigenvalue weighted by atomic mass is 32.2. The summed E-state index contributed by atoms with van der Waals surface area (Å²) in [5.41, 5.74) is 2.67. The first-order valence-electron chi connectivity index (χ1n) is 8.07. The van der Waals surface area contributed by atoms with E-state index in [2.05, 4.69) is 0 Å². The lowest BCUT2D eigenvalue weighted by Crippen LogP contribution is -2.27. The lowest BCUT2D eigenvalue weighted by Gasteiger charge is -2.22. The molecule has 0 saturated heterocycles. The van der Waals surface area contributed by atoms with Crippen molar-refractivity contribution in [3.8, 4) is 0 Å². The molecule has 0 aromatic heterocycles. The first kappa shape index (κ1) is 17.3. The average Bonchev–Trinajstić information content (AvgIpc) is 2.60. The number of sulfonamides is 1. The van der Waals surface area contributed by atoms with Crippen molar-refractivity contribution in [3.63, 3.8) is 0 Å². The number of aryl methyl sites for hydroxylation is 1. The van der Waals surface area contributed by atoms with Crippen LogP contribution in [-0.4, -0.2) is 29.6 Å². The highest BCUT2D eigenvalue weighted by molar-refractivity contribution is 7.92. The van der Waals surface area contributed by atoms with Crippen molar-refractivity contribution in [3.05, 3.63) is 66.2 Å². The van der Waals surface area contributed by atoms with Crippen LogP contribution in [0.15, 0.2) is 65.6 Å². The molecule has 0 unspecified atom stereocenters. The quantitative estimate of drug-likeness (QED) is 0.710. The van der Waals surface area contributed by atoms with E-state index in [0.29, 0.717) is 10.6 Å². The Morgan fingerprint density at radius 2 is 1.48 bits per heavy atom. The van der Waals surface area contributed by atoms with E-state index in [1.165, 1.54) is 4.31 Å². The maximum Gasteiger partial charge on any atom is 0.264 e. The summed E-state index contributed by atoms with van der Waals surface area (Å²) in [7, 11) is 1.93. The summed E-state index contributed by atoms with van der Waals surface area (Å²) in [6, 6.07) is 18.7. The molecule has 0 atom stereocenters. The van der Waals surface area contributed by atoms with Gasteiger partial charge in [0.15, 0.2) is 0 Å². The van der Waals surface area contributed by atoms with Crippen LogP contribution in [-0.2, 0) is 10.0 Å². The molecule has 0 fully saturated rings. The Bertz CT molecular complexity index is 1030. The lowest BCUT2D eigenvalue weighted by atomic mass is 10.1. The van der Waals surface area contributed by atoms with Gasteiger partial charge in [0.05, 0.1) is 10.6 Å². The van der Waals surface area contributed by atoms with E-state index in [1.54, 1.807) is 19.2 Å². The summed E-state index contributed by atoms with van der Waals surface area (Å²) in [5.74, 6) is 0. The van der Waals surface area contributed by atoms with E-state index in [1.807, 2.05) is 74.4 Å². The average molecular weight is 354 g/mol. The number of hydrogen-bond donors (Lipinski definition) is 0. The molecule has 0 radical (unpaired) electrons. The zero-order chi connectivity index (χ0) is 18.2. The van der Waals surface area contributed by atoms with Crippen molar-refractivity contribution in [1.82, 2.24) is 0 Å². The van der Waals surface area contributed by atoms with Gasteiger partial charge in [-0.1, -0.05) is 36.4 Å². The molecular formula is C20H22N2O2S. The van der Waals surface area contributed by atoms with Crippen LogP contribution >= 0.6 is 0 Å². The maximum atomic E-state index is 13.1. The SMILES string of the molecule is Cc1ccccc1N(C)S(=O)(=O)c1ccc2c(N(C)C)cccc2c1. The molecule has 3 rings (SSSR count). The van der Waals surface area contributed by atoms with E-state index in [0.717, 1.165) is 22.0 Å². The monoisotopic (exact) mass is 354 g/mol. The van der Waals surface area contributed by atoms with E-state index < -0.39 is 10.0 Å². The van der Waals surface area contributed by atoms with Crippen molar-refractivity contribution >= 4 is 32.2 Å². The summed E-state index contributed by atoms with van der Waals surface area (Å²) < 4.78 is 27.5. The maximum absolute atomic E-state index is 13.1. The molecule has 4 nitrogen and oxygen atoms in total. The molecule has 0 saturated carbocycles. The van der Waals surface area contributed by atoms with Gasteiger partial charge in [0, 0.05) is 32.2 Å². The van der Waals surface area contributed by atoms with Crippen LogP contribution < -0.4 is 9.21 Å². The van der Waals surface area contributed by atoms with E-state index in [4.69, 9.17) is 0 Å². The Balaban J connectivity index is 2.10. The number of hydrogen-bond acceptors (Lipinski definition) is 3. The minimum Gasteiger partial charge on any atom is -0.377 e. The van der Waals surface area contributed by atoms with Gasteiger partial charge < -0.3 is 4.90 Å². The molecule has 0 bridgehead atoms. The van der Waals surface area contributed by atoms with Crippen LogP contribution in [0.3, 0.4) is 0 Å². The molecule has 3 aromatic rings. The van der Waals surface area contributed by atoms with Gasteiger partial charge in [-0.05, 0) is 42.1 Å². The second kappa shape index (κ2) is 6.41. The Labute approximate surface area is 149 Å². The molecule has 5 heteroatoms. The van der Waals surface area contributed by atoms with Crippen LogP contribution in [0.4, 0.5) is 11.4 Å². The van der Waals surface area contributed by atoms with E-state index in [-0.39, 0.29) is 0 Å². The van der Waals surface area contributed by atoms with Gasteiger partial charge in [-0.3, -0.25) is 4.31 Å². The minimum atomic E-state index is -3.62. The first-order valence-corrected chi connectivity index (χ1v) is 9.51. The van der Waals surface area contributed by atoms with Gasteiger partial charge in [-0.2, -0.15) is 0 Å². The molecule has 3 aromatic carbocycles. The molecule has 0 aliphatic rings. The van der Waals surface area contributed by atoms with Gasteiger partial charge >= 0.3 is 0 Å². The smallest absolute Gasteiger partial charge is 0.264 e. The highest BCUT2D eigenvalue weighted by Gasteiger charge is 2.22. The van der Waals surface area contributed by atoms with Crippen molar-refractivity contribution in [2.45, 2.75) is 11.8 Å². The Morgan fingerprint density at radius 1 is 0.800 bits per heavy atom. The molecule has 0 spiro atoms. The van der Waals surface area contributed by atoms with Crippen molar-refractivity contribution in [2.24, 2.45) is 0 Å². The zero-order valence-corrected chi connectivity index (χ0v) is 15.7. The van der Waals surface area contributed by atoms with Gasteiger partial charge in [0.2, 0.25) is 0 Å². The van der Waals surface area contributed by atoms with Gasteiger partial charge in [0.25, 0.3) is 10.0 Å². The second-order valence-corrected chi connectivity index (χ2v) is 8.28. The third kappa shape index (κ3) is 3.07. The Morgan fingerprint density at radius 3 is 2.16 bits per heavy atom. The largest absolute Gasteiger partial charge is 0.377 e. The van der Waals surface area contributed by atoms with Crippen molar-refractivity contribution in [1.29, 1.82) is 0 Å². The van der Waals surface area contributed by atoms with Gasteiger partial charge in [0.1, 0.15) is 0 Å². The lowest BCUT2D eigenvalue weighted by molar-refractivity contribution is 0.594. The molecule has 130 valence electrons. The summed E-state index contributed by atoms with van der Waals surface area (Å²) in [5, 5.41) is 1.94. The third-order valence-corrected chi connectivity index (χ3v) is 6.19. The number of fused-ring (bicyclic) bond motifs is 1. The number of benzene rings is 3. The van der Waals surface area contributed by atoms with Crippen LogP contribution in [0.25, 0.3) is 10.8 Å². The van der Waals surface area contributed by atoms with Crippen LogP contribution in [0.5, 0.6) is 0 Å². The van der Waals surface area contributed by atoms with Gasteiger partial charge in [-0.15, -0.1) is 0 Å². The van der Waals surface area contributed by atoms with Crippen LogP contribution in [0, 0.1) is 6.92 Å². The number of nitrogens with zero attached hydrogens (tertiary/aromatic N) is 2. The fraction of sp³-hybridized carbons (Fsp3) is 0.200. The summed E-state index contributed by atoms with van der Waals surface area (Å²) in [6.45, 7) is 1.91. The molecule has 0 aliphatic carbocycles. The van der Waals surface area contributed by atoms with Crippen molar-refractivity contribution < 1.29 is 8.42 Å². The standard InChI is InChI=1S/C20H22N2O2S/c1-15-8-5-6-10-19(15)22(4)25(23,24)17-12-13-18-16(14-17)9-7-11-20(18)21(2)3/h5-14H,1-4H3. The van der Waals surface area contributed by atoms with Crippen LogP contribution in [0.1, 0.15) is 5.56 Å². The summed E-state index contributed by atoms with van der Waals surface area (Å²) in [4.78, 5) is 2.32. The predicted octanol–water partition coefficient (Wildman–Crippen LogP) is 4.04. The van der Waals surface area contributed by atoms with Crippen molar-refractivity contribution in [2.75, 3.05) is 30.3 Å². The third-order valence-electron chi connectivity index (χ3n) is 4.42.